The van der Waals surface area contributed by atoms with Crippen molar-refractivity contribution < 1.29 is 0 Å². The average Bonchev–Trinajstić information content (AvgIpc) is 2.14. The van der Waals surface area contributed by atoms with Crippen molar-refractivity contribution in [3.63, 3.8) is 0 Å². The van der Waals surface area contributed by atoms with Crippen molar-refractivity contribution in [3.8, 4) is 0 Å². The van der Waals surface area contributed by atoms with Gasteiger partial charge in [0.1, 0.15) is 11.6 Å². The van der Waals surface area contributed by atoms with Crippen molar-refractivity contribution in [3.05, 3.63) is 5.82 Å². The lowest BCUT2D eigenvalue weighted by Crippen LogP contribution is -1.91. The lowest BCUT2D eigenvalue weighted by atomic mass is 10.3. The third-order valence-corrected chi connectivity index (χ3v) is 1.30. The highest BCUT2D eigenvalue weighted by molar-refractivity contribution is 5.52. The van der Waals surface area contributed by atoms with E-state index in [2.05, 4.69) is 16.9 Å². The van der Waals surface area contributed by atoms with E-state index in [0.717, 1.165) is 18.7 Å². The summed E-state index contributed by atoms with van der Waals surface area (Å²) in [5, 5.41) is 0. The first-order valence-electron chi connectivity index (χ1n) is 3.34. The summed E-state index contributed by atoms with van der Waals surface area (Å²) < 4.78 is 0. The fourth-order valence-electron chi connectivity index (χ4n) is 0.808. The van der Waals surface area contributed by atoms with Crippen LogP contribution in [-0.2, 0) is 6.42 Å². The molecule has 0 fully saturated rings. The van der Waals surface area contributed by atoms with Crippen molar-refractivity contribution in [2.75, 3.05) is 11.5 Å². The summed E-state index contributed by atoms with van der Waals surface area (Å²) in [6.45, 7) is 2.08. The molecule has 1 heterocycles. The summed E-state index contributed by atoms with van der Waals surface area (Å²) in [6.07, 6.45) is 1.95. The molecule has 0 saturated carbocycles. The van der Waals surface area contributed by atoms with Gasteiger partial charge in [-0.2, -0.15) is 0 Å². The molecule has 0 atom stereocenters. The molecule has 4 heteroatoms. The van der Waals surface area contributed by atoms with Crippen molar-refractivity contribution in [1.82, 2.24) is 9.97 Å². The molecule has 0 bridgehead atoms. The molecule has 0 aliphatic rings. The molecule has 0 saturated heterocycles. The molecule has 56 valence electrons. The number of hydrogen-bond acceptors (Lipinski definition) is 3. The van der Waals surface area contributed by atoms with E-state index in [0.29, 0.717) is 11.6 Å². The summed E-state index contributed by atoms with van der Waals surface area (Å²) in [5.74, 6) is 1.75. The quantitative estimate of drug-likeness (QED) is 0.560. The SMILES string of the molecule is CCCc1nc(N)c(N)[nH]1. The van der Waals surface area contributed by atoms with Gasteiger partial charge in [-0.3, -0.25) is 0 Å². The second-order valence-electron chi connectivity index (χ2n) is 2.23. The zero-order valence-corrected chi connectivity index (χ0v) is 6.02. The number of aromatic nitrogens is 2. The fourth-order valence-corrected chi connectivity index (χ4v) is 0.808. The van der Waals surface area contributed by atoms with Gasteiger partial charge in [-0.15, -0.1) is 0 Å². The number of nitrogens with one attached hydrogen (secondary N) is 1. The minimum Gasteiger partial charge on any atom is -0.382 e. The van der Waals surface area contributed by atoms with Crippen LogP contribution in [0.3, 0.4) is 0 Å². The lowest BCUT2D eigenvalue weighted by Gasteiger charge is -1.86. The third-order valence-electron chi connectivity index (χ3n) is 1.30. The van der Waals surface area contributed by atoms with E-state index in [-0.39, 0.29) is 0 Å². The van der Waals surface area contributed by atoms with Gasteiger partial charge in [-0.05, 0) is 6.42 Å². The molecular formula is C6H12N4. The van der Waals surface area contributed by atoms with Crippen LogP contribution < -0.4 is 11.5 Å². The zero-order valence-electron chi connectivity index (χ0n) is 6.02. The first-order valence-corrected chi connectivity index (χ1v) is 3.34. The molecule has 0 radical (unpaired) electrons. The Balaban J connectivity index is 2.77. The van der Waals surface area contributed by atoms with Crippen LogP contribution in [0.15, 0.2) is 0 Å². The Kier molecular flexibility index (Phi) is 1.80. The molecule has 4 nitrogen and oxygen atoms in total. The highest BCUT2D eigenvalue weighted by Gasteiger charge is 2.00. The number of hydrogen-bond donors (Lipinski definition) is 3. The van der Waals surface area contributed by atoms with Crippen LogP contribution in [-0.4, -0.2) is 9.97 Å². The van der Waals surface area contributed by atoms with Gasteiger partial charge in [0.05, 0.1) is 0 Å². The largest absolute Gasteiger partial charge is 0.382 e. The first-order chi connectivity index (χ1) is 4.74. The van der Waals surface area contributed by atoms with E-state index in [9.17, 15) is 0 Å². The number of nitrogens with two attached hydrogens (primary N) is 2. The van der Waals surface area contributed by atoms with E-state index >= 15 is 0 Å². The first kappa shape index (κ1) is 6.92. The van der Waals surface area contributed by atoms with E-state index < -0.39 is 0 Å². The number of H-pyrrole nitrogens is 1. The molecule has 5 N–H and O–H groups in total. The molecular weight excluding hydrogens is 128 g/mol. The number of rotatable bonds is 2. The monoisotopic (exact) mass is 140 g/mol. The Hall–Kier alpha value is -1.19. The summed E-state index contributed by atoms with van der Waals surface area (Å²) in [5.41, 5.74) is 10.8. The summed E-state index contributed by atoms with van der Waals surface area (Å²) >= 11 is 0. The molecule has 1 rings (SSSR count). The van der Waals surface area contributed by atoms with Crippen molar-refractivity contribution in [1.29, 1.82) is 0 Å². The van der Waals surface area contributed by atoms with Crippen LogP contribution in [0.25, 0.3) is 0 Å². The Bertz CT molecular complexity index is 196. The number of imidazole rings is 1. The Morgan fingerprint density at radius 2 is 2.20 bits per heavy atom. The highest BCUT2D eigenvalue weighted by atomic mass is 15.0. The number of nitrogen functional groups attached to an aromatic ring is 2. The van der Waals surface area contributed by atoms with Gasteiger partial charge in [-0.1, -0.05) is 6.92 Å². The smallest absolute Gasteiger partial charge is 0.166 e. The average molecular weight is 140 g/mol. The molecule has 1 aromatic rings. The maximum Gasteiger partial charge on any atom is 0.166 e. The van der Waals surface area contributed by atoms with Gasteiger partial charge in [0, 0.05) is 6.42 Å². The maximum atomic E-state index is 5.43. The molecule has 10 heavy (non-hydrogen) atoms. The summed E-state index contributed by atoms with van der Waals surface area (Å²) in [7, 11) is 0. The van der Waals surface area contributed by atoms with Crippen LogP contribution in [0.4, 0.5) is 11.6 Å². The van der Waals surface area contributed by atoms with Crippen LogP contribution >= 0.6 is 0 Å². The number of aryl methyl sites for hydroxylation is 1. The van der Waals surface area contributed by atoms with Gasteiger partial charge in [0.15, 0.2) is 5.82 Å². The van der Waals surface area contributed by atoms with Crippen LogP contribution in [0.1, 0.15) is 19.2 Å². The van der Waals surface area contributed by atoms with E-state index in [1.165, 1.54) is 0 Å². The van der Waals surface area contributed by atoms with E-state index in [1.807, 2.05) is 0 Å². The van der Waals surface area contributed by atoms with E-state index in [4.69, 9.17) is 11.5 Å². The molecule has 0 spiro atoms. The zero-order chi connectivity index (χ0) is 7.56. The number of anilines is 2. The van der Waals surface area contributed by atoms with Gasteiger partial charge in [0.25, 0.3) is 0 Å². The van der Waals surface area contributed by atoms with Gasteiger partial charge in [0.2, 0.25) is 0 Å². The minimum absolute atomic E-state index is 0.406. The third kappa shape index (κ3) is 1.21. The normalized spacial score (nSPS) is 10.1. The predicted molar refractivity (Wildman–Crippen MR) is 41.4 cm³/mol. The van der Waals surface area contributed by atoms with Crippen LogP contribution in [0.2, 0.25) is 0 Å². The van der Waals surface area contributed by atoms with Gasteiger partial charge < -0.3 is 16.5 Å². The Morgan fingerprint density at radius 1 is 1.50 bits per heavy atom. The molecule has 0 aliphatic carbocycles. The van der Waals surface area contributed by atoms with Gasteiger partial charge in [-0.25, -0.2) is 4.98 Å². The fraction of sp³-hybridized carbons (Fsp3) is 0.500. The topological polar surface area (TPSA) is 80.7 Å². The molecule has 0 aromatic carbocycles. The van der Waals surface area contributed by atoms with E-state index in [1.54, 1.807) is 0 Å². The summed E-state index contributed by atoms with van der Waals surface area (Å²) in [4.78, 5) is 6.88. The number of nitrogens with zero attached hydrogens (tertiary/aromatic N) is 1. The minimum atomic E-state index is 0.406. The highest BCUT2D eigenvalue weighted by Crippen LogP contribution is 2.10. The van der Waals surface area contributed by atoms with Crippen molar-refractivity contribution >= 4 is 11.6 Å². The second kappa shape index (κ2) is 2.60. The molecule has 0 unspecified atom stereocenters. The van der Waals surface area contributed by atoms with Gasteiger partial charge >= 0.3 is 0 Å². The maximum absolute atomic E-state index is 5.43. The van der Waals surface area contributed by atoms with Crippen LogP contribution in [0, 0.1) is 0 Å². The predicted octanol–water partition coefficient (Wildman–Crippen LogP) is 0.527. The number of aromatic amines is 1. The molecule has 1 aromatic heterocycles. The Morgan fingerprint density at radius 3 is 2.60 bits per heavy atom. The molecule has 0 amide bonds. The second-order valence-corrected chi connectivity index (χ2v) is 2.23. The molecule has 0 aliphatic heterocycles. The van der Waals surface area contributed by atoms with Crippen LogP contribution in [0.5, 0.6) is 0 Å². The lowest BCUT2D eigenvalue weighted by molar-refractivity contribution is 0.858. The van der Waals surface area contributed by atoms with Crippen molar-refractivity contribution in [2.24, 2.45) is 0 Å². The van der Waals surface area contributed by atoms with Crippen molar-refractivity contribution in [2.45, 2.75) is 19.8 Å². The Labute approximate surface area is 59.6 Å². The standard InChI is InChI=1S/C6H12N4/c1-2-3-4-9-5(7)6(8)10-4/h2-3,7-8H2,1H3,(H,9,10). The summed E-state index contributed by atoms with van der Waals surface area (Å²) in [6, 6.07) is 0.